The molecular weight excluding hydrogens is 502 g/mol. The number of hydrogen-bond donors (Lipinski definition) is 1. The molecule has 0 bridgehead atoms. The molecule has 8 nitrogen and oxygen atoms in total. The topological polar surface area (TPSA) is 102 Å². The quantitative estimate of drug-likeness (QED) is 0.422. The summed E-state index contributed by atoms with van der Waals surface area (Å²) in [6.45, 7) is 7.16. The average Bonchev–Trinajstić information content (AvgIpc) is 3.28. The van der Waals surface area contributed by atoms with Crippen LogP contribution in [0.5, 0.6) is 0 Å². The number of anilines is 1. The van der Waals surface area contributed by atoms with Crippen molar-refractivity contribution < 1.29 is 14.3 Å². The molecule has 1 amide bonds. The predicted molar refractivity (Wildman–Crippen MR) is 157 cm³/mol. The summed E-state index contributed by atoms with van der Waals surface area (Å²) in [4.78, 5) is 38.0. The number of nitrogens with zero attached hydrogens (tertiary/aromatic N) is 4. The van der Waals surface area contributed by atoms with E-state index < -0.39 is 5.97 Å². The van der Waals surface area contributed by atoms with Crippen molar-refractivity contribution in [3.05, 3.63) is 82.3 Å². The van der Waals surface area contributed by atoms with Crippen molar-refractivity contribution in [2.45, 2.75) is 38.5 Å². The number of likely N-dealkylation sites (tertiary alicyclic amines) is 1. The van der Waals surface area contributed by atoms with E-state index in [1.807, 2.05) is 30.5 Å². The van der Waals surface area contributed by atoms with Gasteiger partial charge in [0.1, 0.15) is 0 Å². The Hall–Kier alpha value is -4.04. The molecular formula is C32H37N5O3. The summed E-state index contributed by atoms with van der Waals surface area (Å²) in [6, 6.07) is 13.6. The lowest BCUT2D eigenvalue weighted by Gasteiger charge is -2.33. The van der Waals surface area contributed by atoms with Crippen LogP contribution in [0.4, 0.5) is 5.69 Å². The predicted octanol–water partition coefficient (Wildman–Crippen LogP) is 4.98. The van der Waals surface area contributed by atoms with Crippen LogP contribution in [0.1, 0.15) is 76.2 Å². The van der Waals surface area contributed by atoms with Crippen molar-refractivity contribution in [2.24, 2.45) is 0 Å². The maximum atomic E-state index is 12.4. The number of ether oxygens (including phenoxy) is 1. The number of nitrogen functional groups attached to an aromatic ring is 1. The highest BCUT2D eigenvalue weighted by molar-refractivity contribution is 5.94. The minimum atomic E-state index is -0.515. The zero-order chi connectivity index (χ0) is 28.4. The van der Waals surface area contributed by atoms with Gasteiger partial charge in [-0.15, -0.1) is 0 Å². The minimum absolute atomic E-state index is 0.0330. The standard InChI is InChI=1S/C32H37N5O3/c1-5-40-32(39)30-27(33)10-11-28(35-30)25-12-15-34-29-20(2)24(18-26(25)29)19-37-16-13-22(14-17-37)21-6-8-23(9-7-21)31(38)36(3)4/h6-12,15,18,20,22H,5,13-14,16-17,19,33H2,1-4H3. The monoisotopic (exact) mass is 539 g/mol. The molecule has 1 aromatic carbocycles. The number of nitrogens with two attached hydrogens (primary N) is 1. The highest BCUT2D eigenvalue weighted by Gasteiger charge is 2.29. The summed E-state index contributed by atoms with van der Waals surface area (Å²) in [5.41, 5.74) is 13.6. The Morgan fingerprint density at radius 1 is 1.07 bits per heavy atom. The summed E-state index contributed by atoms with van der Waals surface area (Å²) in [5.74, 6) is 0.224. The van der Waals surface area contributed by atoms with Gasteiger partial charge in [-0.3, -0.25) is 14.7 Å². The highest BCUT2D eigenvalue weighted by atomic mass is 16.5. The zero-order valence-electron chi connectivity index (χ0n) is 23.7. The van der Waals surface area contributed by atoms with E-state index in [2.05, 4.69) is 35.0 Å². The number of carbonyl (C=O) groups is 2. The van der Waals surface area contributed by atoms with Gasteiger partial charge in [0, 0.05) is 49.4 Å². The third-order valence-corrected chi connectivity index (χ3v) is 8.02. The molecule has 1 aliphatic heterocycles. The van der Waals surface area contributed by atoms with Gasteiger partial charge in [0.05, 0.1) is 23.7 Å². The van der Waals surface area contributed by atoms with Gasteiger partial charge in [0.15, 0.2) is 5.69 Å². The Kier molecular flexibility index (Phi) is 7.98. The molecule has 1 atom stereocenters. The normalized spacial score (nSPS) is 17.3. The summed E-state index contributed by atoms with van der Waals surface area (Å²) < 4.78 is 5.14. The number of piperidine rings is 1. The van der Waals surface area contributed by atoms with E-state index in [1.165, 1.54) is 11.1 Å². The molecule has 3 heterocycles. The van der Waals surface area contributed by atoms with Crippen LogP contribution < -0.4 is 5.73 Å². The number of hydrogen-bond acceptors (Lipinski definition) is 7. The maximum absolute atomic E-state index is 12.4. The first kappa shape index (κ1) is 27.5. The average molecular weight is 540 g/mol. The lowest BCUT2D eigenvalue weighted by atomic mass is 9.88. The zero-order valence-corrected chi connectivity index (χ0v) is 23.7. The van der Waals surface area contributed by atoms with Crippen molar-refractivity contribution >= 4 is 23.6 Å². The van der Waals surface area contributed by atoms with Crippen molar-refractivity contribution in [3.8, 4) is 11.3 Å². The molecule has 1 unspecified atom stereocenters. The molecule has 0 radical (unpaired) electrons. The van der Waals surface area contributed by atoms with Crippen LogP contribution in [0.15, 0.2) is 54.2 Å². The van der Waals surface area contributed by atoms with Crippen molar-refractivity contribution in [3.63, 3.8) is 0 Å². The smallest absolute Gasteiger partial charge is 0.359 e. The van der Waals surface area contributed by atoms with Gasteiger partial charge in [-0.05, 0) is 80.2 Å². The van der Waals surface area contributed by atoms with Crippen molar-refractivity contribution in [1.82, 2.24) is 19.8 Å². The van der Waals surface area contributed by atoms with Crippen LogP contribution >= 0.6 is 0 Å². The maximum Gasteiger partial charge on any atom is 0.359 e. The Labute approximate surface area is 235 Å². The second-order valence-corrected chi connectivity index (χ2v) is 10.8. The second kappa shape index (κ2) is 11.6. The molecule has 1 aliphatic carbocycles. The summed E-state index contributed by atoms with van der Waals surface area (Å²) in [5, 5.41) is 0. The first-order valence-electron chi connectivity index (χ1n) is 13.9. The Morgan fingerprint density at radius 2 is 1.80 bits per heavy atom. The molecule has 2 N–H and O–H groups in total. The minimum Gasteiger partial charge on any atom is -0.461 e. The number of esters is 1. The van der Waals surface area contributed by atoms with E-state index in [9.17, 15) is 9.59 Å². The number of pyridine rings is 2. The van der Waals surface area contributed by atoms with E-state index in [1.54, 1.807) is 32.0 Å². The van der Waals surface area contributed by atoms with Gasteiger partial charge < -0.3 is 15.4 Å². The second-order valence-electron chi connectivity index (χ2n) is 10.8. The number of fused-ring (bicyclic) bond motifs is 1. The number of aromatic nitrogens is 2. The van der Waals surface area contributed by atoms with Crippen molar-refractivity contribution in [1.29, 1.82) is 0 Å². The molecule has 0 saturated carbocycles. The van der Waals surface area contributed by atoms with E-state index in [0.29, 0.717) is 17.3 Å². The van der Waals surface area contributed by atoms with Crippen LogP contribution in [-0.4, -0.2) is 72.0 Å². The number of rotatable bonds is 7. The van der Waals surface area contributed by atoms with Gasteiger partial charge in [0.25, 0.3) is 5.91 Å². The van der Waals surface area contributed by atoms with E-state index in [0.717, 1.165) is 54.9 Å². The first-order chi connectivity index (χ1) is 19.3. The van der Waals surface area contributed by atoms with Crippen molar-refractivity contribution in [2.75, 3.05) is 46.1 Å². The largest absolute Gasteiger partial charge is 0.461 e. The van der Waals surface area contributed by atoms with E-state index >= 15 is 0 Å². The third kappa shape index (κ3) is 5.49. The summed E-state index contributed by atoms with van der Waals surface area (Å²) in [6.07, 6.45) is 6.24. The SMILES string of the molecule is CCOC(=O)c1nc(-c2ccnc3c2C=C(CN2CCC(c4ccc(C(=O)N(C)C)cc4)CC2)C3C)ccc1N. The highest BCUT2D eigenvalue weighted by Crippen LogP contribution is 2.40. The van der Waals surface area contributed by atoms with Gasteiger partial charge >= 0.3 is 5.97 Å². The van der Waals surface area contributed by atoms with Gasteiger partial charge in [-0.1, -0.05) is 25.1 Å². The lowest BCUT2D eigenvalue weighted by molar-refractivity contribution is 0.0521. The summed E-state index contributed by atoms with van der Waals surface area (Å²) >= 11 is 0. The molecule has 2 aromatic heterocycles. The fourth-order valence-corrected chi connectivity index (χ4v) is 5.70. The van der Waals surface area contributed by atoms with Gasteiger partial charge in [0.2, 0.25) is 0 Å². The van der Waals surface area contributed by atoms with Crippen LogP contribution in [-0.2, 0) is 4.74 Å². The Balaban J connectivity index is 1.28. The van der Waals surface area contributed by atoms with Crippen LogP contribution in [0.2, 0.25) is 0 Å². The molecule has 0 spiro atoms. The Morgan fingerprint density at radius 3 is 2.48 bits per heavy atom. The van der Waals surface area contributed by atoms with Crippen LogP contribution in [0, 0.1) is 0 Å². The Bertz CT molecular complexity index is 1440. The molecule has 208 valence electrons. The van der Waals surface area contributed by atoms with E-state index in [4.69, 9.17) is 15.5 Å². The fourth-order valence-electron chi connectivity index (χ4n) is 5.70. The van der Waals surface area contributed by atoms with Crippen LogP contribution in [0.25, 0.3) is 17.3 Å². The lowest BCUT2D eigenvalue weighted by Crippen LogP contribution is -2.34. The number of carbonyl (C=O) groups excluding carboxylic acids is 2. The first-order valence-corrected chi connectivity index (χ1v) is 13.9. The van der Waals surface area contributed by atoms with Gasteiger partial charge in [-0.25, -0.2) is 9.78 Å². The molecule has 1 fully saturated rings. The third-order valence-electron chi connectivity index (χ3n) is 8.02. The molecule has 1 saturated heterocycles. The summed E-state index contributed by atoms with van der Waals surface area (Å²) in [7, 11) is 3.55. The molecule has 2 aliphatic rings. The number of amides is 1. The van der Waals surface area contributed by atoms with Crippen LogP contribution in [0.3, 0.4) is 0 Å². The number of benzene rings is 1. The molecule has 40 heavy (non-hydrogen) atoms. The van der Waals surface area contributed by atoms with E-state index in [-0.39, 0.29) is 24.1 Å². The molecule has 3 aromatic rings. The fraction of sp³-hybridized carbons (Fsp3) is 0.375. The van der Waals surface area contributed by atoms with Gasteiger partial charge in [-0.2, -0.15) is 0 Å². The molecule has 8 heteroatoms. The molecule has 5 rings (SSSR count).